The van der Waals surface area contributed by atoms with Gasteiger partial charge in [0.2, 0.25) is 5.91 Å². The zero-order valence-electron chi connectivity index (χ0n) is 21.7. The number of alkyl halides is 3. The molecule has 0 aliphatic carbocycles. The minimum Gasteiger partial charge on any atom is -0.380 e. The van der Waals surface area contributed by atoms with E-state index in [1.807, 2.05) is 0 Å². The van der Waals surface area contributed by atoms with E-state index in [1.165, 1.54) is 29.7 Å². The van der Waals surface area contributed by atoms with Gasteiger partial charge in [-0.1, -0.05) is 18.2 Å². The summed E-state index contributed by atoms with van der Waals surface area (Å²) in [7, 11) is 0. The van der Waals surface area contributed by atoms with Crippen LogP contribution in [0.5, 0.6) is 0 Å². The molecule has 1 amide bonds. The van der Waals surface area contributed by atoms with Crippen molar-refractivity contribution in [3.63, 3.8) is 0 Å². The molecule has 2 atom stereocenters. The average molecular weight is 574 g/mol. The van der Waals surface area contributed by atoms with Gasteiger partial charge in [-0.05, 0) is 36.6 Å². The molecular formula is C28H27F4N5O2S. The third kappa shape index (κ3) is 5.68. The van der Waals surface area contributed by atoms with Crippen LogP contribution in [-0.2, 0) is 28.8 Å². The molecule has 2 aromatic heterocycles. The van der Waals surface area contributed by atoms with E-state index in [2.05, 4.69) is 16.5 Å². The number of nitrogens with zero attached hydrogens (tertiary/aromatic N) is 4. The highest BCUT2D eigenvalue weighted by molar-refractivity contribution is 7.12. The zero-order valence-corrected chi connectivity index (χ0v) is 22.5. The van der Waals surface area contributed by atoms with Crippen molar-refractivity contribution in [2.75, 3.05) is 26.3 Å². The molecule has 5 rings (SSSR count). The lowest BCUT2D eigenvalue weighted by Crippen LogP contribution is -2.37. The van der Waals surface area contributed by atoms with Gasteiger partial charge in [0.15, 0.2) is 5.69 Å². The number of carbonyl (C=O) groups is 1. The minimum atomic E-state index is -4.80. The molecule has 0 bridgehead atoms. The topological polar surface area (TPSA) is 83.2 Å². The normalized spacial score (nSPS) is 19.2. The molecule has 7 nitrogen and oxygen atoms in total. The van der Waals surface area contributed by atoms with Crippen molar-refractivity contribution in [2.45, 2.75) is 44.6 Å². The maximum atomic E-state index is 15.4. The summed E-state index contributed by atoms with van der Waals surface area (Å²) in [5.41, 5.74) is -0.723. The predicted octanol–water partition coefficient (Wildman–Crippen LogP) is 5.07. The van der Waals surface area contributed by atoms with Gasteiger partial charge in [0.25, 0.3) is 0 Å². The van der Waals surface area contributed by atoms with Crippen molar-refractivity contribution < 1.29 is 27.1 Å². The Bertz CT molecular complexity index is 1470. The molecule has 0 unspecified atom stereocenters. The van der Waals surface area contributed by atoms with Crippen molar-refractivity contribution >= 4 is 17.2 Å². The summed E-state index contributed by atoms with van der Waals surface area (Å²) in [5, 5.41) is 16.5. The highest BCUT2D eigenvalue weighted by Crippen LogP contribution is 2.45. The summed E-state index contributed by atoms with van der Waals surface area (Å²) in [5.74, 6) is -1.74. The Morgan fingerprint density at radius 3 is 2.88 bits per heavy atom. The van der Waals surface area contributed by atoms with Crippen molar-refractivity contribution in [1.82, 2.24) is 20.0 Å². The number of nitrogens with one attached hydrogen (secondary N) is 1. The maximum Gasteiger partial charge on any atom is 0.435 e. The number of aryl methyl sites for hydroxylation is 1. The molecule has 1 N–H and O–H groups in total. The lowest BCUT2D eigenvalue weighted by Gasteiger charge is -2.33. The number of thiophene rings is 1. The highest BCUT2D eigenvalue weighted by atomic mass is 32.1. The molecule has 1 aromatic carbocycles. The Balaban J connectivity index is 1.51. The molecule has 2 aliphatic rings. The summed E-state index contributed by atoms with van der Waals surface area (Å²) < 4.78 is 63.9. The zero-order chi connectivity index (χ0) is 28.4. The minimum absolute atomic E-state index is 0.112. The van der Waals surface area contributed by atoms with Crippen LogP contribution in [-0.4, -0.2) is 52.9 Å². The monoisotopic (exact) mass is 573 g/mol. The van der Waals surface area contributed by atoms with E-state index in [0.29, 0.717) is 35.8 Å². The van der Waals surface area contributed by atoms with Crippen LogP contribution in [0, 0.1) is 17.1 Å². The number of nitriles is 1. The van der Waals surface area contributed by atoms with E-state index in [-0.39, 0.29) is 42.7 Å². The van der Waals surface area contributed by atoms with Gasteiger partial charge in [0, 0.05) is 66.5 Å². The summed E-state index contributed by atoms with van der Waals surface area (Å²) in [4.78, 5) is 15.9. The number of carbonyl (C=O) groups excluding carboxylic acids is 1. The smallest absolute Gasteiger partial charge is 0.380 e. The SMILES string of the molecule is CCn1cc(-c2c(F)cccc2[C@@H]2CN(C(=O)/C=C/CN[C@H]3CCOC3)Cc3sc(C#N)cc32)c(C(F)(F)F)n1. The Kier molecular flexibility index (Phi) is 8.07. The van der Waals surface area contributed by atoms with Gasteiger partial charge in [0.1, 0.15) is 16.8 Å². The second-order valence-electron chi connectivity index (χ2n) is 9.69. The first-order valence-corrected chi connectivity index (χ1v) is 13.7. The first-order valence-electron chi connectivity index (χ1n) is 12.9. The van der Waals surface area contributed by atoms with E-state index in [0.717, 1.165) is 22.0 Å². The van der Waals surface area contributed by atoms with Gasteiger partial charge in [-0.25, -0.2) is 4.39 Å². The first kappa shape index (κ1) is 28.0. The standard InChI is InChI=1S/C28H27F4N5O2S/c1-2-37-14-22(27(35-37)28(30,31)32)26-19(5-3-6-23(26)29)21-13-36(15-24-20(21)11-18(12-33)40-24)25(38)7-4-9-34-17-8-10-39-16-17/h3-7,11,14,17,21,34H,2,8-10,13,15-16H2,1H3/b7-4+/t17-,21-/m0/s1. The largest absolute Gasteiger partial charge is 0.435 e. The fourth-order valence-corrected chi connectivity index (χ4v) is 6.23. The fraction of sp³-hybridized carbons (Fsp3) is 0.393. The Hall–Kier alpha value is -3.53. The molecule has 4 heterocycles. The summed E-state index contributed by atoms with van der Waals surface area (Å²) in [6.45, 7) is 3.99. The number of hydrogen-bond acceptors (Lipinski definition) is 6. The molecule has 2 aliphatic heterocycles. The quantitative estimate of drug-likeness (QED) is 0.315. The predicted molar refractivity (Wildman–Crippen MR) is 141 cm³/mol. The molecule has 3 aromatic rings. The van der Waals surface area contributed by atoms with Gasteiger partial charge in [-0.3, -0.25) is 9.48 Å². The molecule has 210 valence electrons. The number of benzene rings is 1. The second-order valence-corrected chi connectivity index (χ2v) is 10.8. The number of rotatable bonds is 7. The van der Waals surface area contributed by atoms with Crippen LogP contribution in [0.15, 0.2) is 42.6 Å². The van der Waals surface area contributed by atoms with E-state index in [1.54, 1.807) is 30.0 Å². The van der Waals surface area contributed by atoms with Crippen LogP contribution in [0.25, 0.3) is 11.1 Å². The molecular weight excluding hydrogens is 546 g/mol. The Labute approximate surface area is 232 Å². The first-order chi connectivity index (χ1) is 19.2. The molecule has 1 saturated heterocycles. The Morgan fingerprint density at radius 1 is 1.35 bits per heavy atom. The number of amides is 1. The Morgan fingerprint density at radius 2 is 2.17 bits per heavy atom. The van der Waals surface area contributed by atoms with Crippen LogP contribution < -0.4 is 5.32 Å². The van der Waals surface area contributed by atoms with Gasteiger partial charge in [-0.15, -0.1) is 11.3 Å². The van der Waals surface area contributed by atoms with Gasteiger partial charge in [0.05, 0.1) is 13.2 Å². The lowest BCUT2D eigenvalue weighted by molar-refractivity contribution is -0.141. The van der Waals surface area contributed by atoms with Gasteiger partial charge >= 0.3 is 6.18 Å². The maximum absolute atomic E-state index is 15.4. The molecule has 40 heavy (non-hydrogen) atoms. The van der Waals surface area contributed by atoms with Crippen molar-refractivity contribution in [2.24, 2.45) is 0 Å². The molecule has 12 heteroatoms. The lowest BCUT2D eigenvalue weighted by atomic mass is 9.83. The van der Waals surface area contributed by atoms with E-state index in [9.17, 15) is 23.2 Å². The average Bonchev–Trinajstić information content (AvgIpc) is 3.69. The number of fused-ring (bicyclic) bond motifs is 1. The van der Waals surface area contributed by atoms with E-state index >= 15 is 4.39 Å². The van der Waals surface area contributed by atoms with E-state index in [4.69, 9.17) is 4.74 Å². The van der Waals surface area contributed by atoms with Crippen LogP contribution in [0.2, 0.25) is 0 Å². The number of hydrogen-bond donors (Lipinski definition) is 1. The van der Waals surface area contributed by atoms with Gasteiger partial charge < -0.3 is 15.0 Å². The summed E-state index contributed by atoms with van der Waals surface area (Å²) in [6, 6.07) is 8.18. The second kappa shape index (κ2) is 11.5. The van der Waals surface area contributed by atoms with Crippen molar-refractivity contribution in [3.05, 3.63) is 75.0 Å². The van der Waals surface area contributed by atoms with Crippen LogP contribution in [0.1, 0.15) is 45.8 Å². The highest BCUT2D eigenvalue weighted by Gasteiger charge is 2.40. The fourth-order valence-electron chi connectivity index (χ4n) is 5.19. The van der Waals surface area contributed by atoms with Crippen molar-refractivity contribution in [3.8, 4) is 17.2 Å². The third-order valence-electron chi connectivity index (χ3n) is 7.14. The molecule has 0 spiro atoms. The van der Waals surface area contributed by atoms with Crippen LogP contribution >= 0.6 is 11.3 Å². The molecule has 0 saturated carbocycles. The summed E-state index contributed by atoms with van der Waals surface area (Å²) in [6.07, 6.45) is 0.499. The molecule has 1 fully saturated rings. The number of halogens is 4. The number of aromatic nitrogens is 2. The third-order valence-corrected chi connectivity index (χ3v) is 8.18. The van der Waals surface area contributed by atoms with Crippen LogP contribution in [0.4, 0.5) is 17.6 Å². The van der Waals surface area contributed by atoms with Crippen molar-refractivity contribution in [1.29, 1.82) is 5.26 Å². The molecule has 0 radical (unpaired) electrons. The van der Waals surface area contributed by atoms with Crippen LogP contribution in [0.3, 0.4) is 0 Å². The summed E-state index contributed by atoms with van der Waals surface area (Å²) >= 11 is 1.23. The van der Waals surface area contributed by atoms with Gasteiger partial charge in [-0.2, -0.15) is 23.5 Å². The number of ether oxygens (including phenoxy) is 1. The van der Waals surface area contributed by atoms with E-state index < -0.39 is 23.6 Å².